The molecule has 1 heteroatoms. The predicted octanol–water partition coefficient (Wildman–Crippen LogP) is 12.3. The SMILES string of the molecule is CCCCCCCCCCCCCCCC(=O)CCC=C(C)C=CC=C(C)C=CC1=C(C)CCCC1(C)C. The summed E-state index contributed by atoms with van der Waals surface area (Å²) in [5.41, 5.74) is 5.85. The molecule has 0 aliphatic heterocycles. The number of allylic oxidation sites excluding steroid dienone is 10. The predicted molar refractivity (Wildman–Crippen MR) is 171 cm³/mol. The first kappa shape index (κ1) is 34.4. The lowest BCUT2D eigenvalue weighted by atomic mass is 9.72. The van der Waals surface area contributed by atoms with Gasteiger partial charge in [-0.05, 0) is 63.9 Å². The van der Waals surface area contributed by atoms with Crippen LogP contribution in [-0.2, 0) is 4.79 Å². The van der Waals surface area contributed by atoms with Crippen molar-refractivity contribution in [3.8, 4) is 0 Å². The Labute approximate surface area is 238 Å². The van der Waals surface area contributed by atoms with E-state index in [-0.39, 0.29) is 0 Å². The van der Waals surface area contributed by atoms with Crippen molar-refractivity contribution < 1.29 is 4.79 Å². The summed E-state index contributed by atoms with van der Waals surface area (Å²) >= 11 is 0. The molecule has 0 atom stereocenters. The van der Waals surface area contributed by atoms with Gasteiger partial charge >= 0.3 is 0 Å². The molecule has 0 spiro atoms. The minimum Gasteiger partial charge on any atom is -0.300 e. The molecule has 0 unspecified atom stereocenters. The van der Waals surface area contributed by atoms with Crippen LogP contribution >= 0.6 is 0 Å². The third kappa shape index (κ3) is 17.1. The highest BCUT2D eigenvalue weighted by Crippen LogP contribution is 2.40. The fourth-order valence-electron chi connectivity index (χ4n) is 5.63. The van der Waals surface area contributed by atoms with E-state index in [0.29, 0.717) is 17.6 Å². The van der Waals surface area contributed by atoms with Crippen LogP contribution in [0.3, 0.4) is 0 Å². The summed E-state index contributed by atoms with van der Waals surface area (Å²) in [6.45, 7) is 13.6. The molecule has 1 nitrogen and oxygen atoms in total. The minimum atomic E-state index is 0.290. The molecule has 1 rings (SSSR count). The fourth-order valence-corrected chi connectivity index (χ4v) is 5.63. The lowest BCUT2D eigenvalue weighted by molar-refractivity contribution is -0.119. The van der Waals surface area contributed by atoms with E-state index < -0.39 is 0 Å². The van der Waals surface area contributed by atoms with Crippen molar-refractivity contribution in [1.82, 2.24) is 0 Å². The summed E-state index contributed by atoms with van der Waals surface area (Å²) in [6, 6.07) is 0. The smallest absolute Gasteiger partial charge is 0.133 e. The summed E-state index contributed by atoms with van der Waals surface area (Å²) in [5.74, 6) is 0.428. The average molecular weight is 523 g/mol. The van der Waals surface area contributed by atoms with E-state index in [4.69, 9.17) is 0 Å². The molecule has 0 saturated carbocycles. The van der Waals surface area contributed by atoms with E-state index >= 15 is 0 Å². The molecule has 1 aliphatic carbocycles. The molecule has 0 aromatic heterocycles. The molecule has 0 heterocycles. The topological polar surface area (TPSA) is 17.1 Å². The van der Waals surface area contributed by atoms with Gasteiger partial charge in [-0.3, -0.25) is 4.79 Å². The molecule has 1 aliphatic rings. The minimum absolute atomic E-state index is 0.290. The second kappa shape index (κ2) is 21.2. The Morgan fingerprint density at radius 2 is 1.37 bits per heavy atom. The van der Waals surface area contributed by atoms with Crippen LogP contribution in [0, 0.1) is 5.41 Å². The van der Waals surface area contributed by atoms with Crippen LogP contribution in [0.4, 0.5) is 0 Å². The van der Waals surface area contributed by atoms with Crippen LogP contribution in [0.1, 0.15) is 164 Å². The first-order chi connectivity index (χ1) is 18.3. The van der Waals surface area contributed by atoms with Gasteiger partial charge in [0.05, 0.1) is 0 Å². The molecular weight excluding hydrogens is 460 g/mol. The summed E-state index contributed by atoms with van der Waals surface area (Å²) in [5, 5.41) is 0. The van der Waals surface area contributed by atoms with Gasteiger partial charge in [-0.25, -0.2) is 0 Å². The number of hydrogen-bond donors (Lipinski definition) is 0. The van der Waals surface area contributed by atoms with Crippen molar-refractivity contribution in [2.24, 2.45) is 5.41 Å². The largest absolute Gasteiger partial charge is 0.300 e. The van der Waals surface area contributed by atoms with E-state index in [1.807, 2.05) is 0 Å². The Hall–Kier alpha value is -1.63. The van der Waals surface area contributed by atoms with Crippen LogP contribution in [0.25, 0.3) is 0 Å². The van der Waals surface area contributed by atoms with Crippen LogP contribution in [0.2, 0.25) is 0 Å². The Morgan fingerprint density at radius 3 is 1.95 bits per heavy atom. The Balaban J connectivity index is 2.13. The fraction of sp³-hybridized carbons (Fsp3) is 0.703. The zero-order chi connectivity index (χ0) is 28.1. The summed E-state index contributed by atoms with van der Waals surface area (Å²) < 4.78 is 0. The van der Waals surface area contributed by atoms with E-state index in [1.165, 1.54) is 113 Å². The van der Waals surface area contributed by atoms with Gasteiger partial charge < -0.3 is 0 Å². The number of Topliss-reactive ketones (excluding diaryl/α,β-unsaturated/α-hetero) is 1. The maximum atomic E-state index is 12.2. The molecule has 0 aromatic rings. The molecule has 0 N–H and O–H groups in total. The van der Waals surface area contributed by atoms with Crippen LogP contribution in [-0.4, -0.2) is 5.78 Å². The van der Waals surface area contributed by atoms with Crippen molar-refractivity contribution in [2.75, 3.05) is 0 Å². The van der Waals surface area contributed by atoms with Crippen LogP contribution < -0.4 is 0 Å². The maximum Gasteiger partial charge on any atom is 0.133 e. The van der Waals surface area contributed by atoms with Gasteiger partial charge in [-0.1, -0.05) is 151 Å². The van der Waals surface area contributed by atoms with Crippen LogP contribution in [0.15, 0.2) is 58.7 Å². The third-order valence-corrected chi connectivity index (χ3v) is 8.22. The van der Waals surface area contributed by atoms with E-state index in [1.54, 1.807) is 5.57 Å². The molecule has 0 bridgehead atoms. The Kier molecular flexibility index (Phi) is 19.2. The first-order valence-corrected chi connectivity index (χ1v) is 16.2. The Morgan fingerprint density at radius 1 is 0.789 bits per heavy atom. The van der Waals surface area contributed by atoms with E-state index in [0.717, 1.165) is 19.3 Å². The normalized spacial score (nSPS) is 16.8. The number of ketones is 1. The summed E-state index contributed by atoms with van der Waals surface area (Å²) in [7, 11) is 0. The van der Waals surface area contributed by atoms with Gasteiger partial charge in [0.1, 0.15) is 5.78 Å². The average Bonchev–Trinajstić information content (AvgIpc) is 2.86. The highest BCUT2D eigenvalue weighted by atomic mass is 16.1. The van der Waals surface area contributed by atoms with Gasteiger partial charge in [0.2, 0.25) is 0 Å². The van der Waals surface area contributed by atoms with Crippen LogP contribution in [0.5, 0.6) is 0 Å². The highest BCUT2D eigenvalue weighted by Gasteiger charge is 2.26. The molecule has 0 radical (unpaired) electrons. The molecule has 0 amide bonds. The standard InChI is InChI=1S/C37H62O/c1-7-8-9-10-11-12-13-14-15-16-17-18-19-27-35(38)28-21-25-32(2)23-20-24-33(3)29-30-36-34(4)26-22-31-37(36,5)6/h20,23-25,29-30H,7-19,21-22,26-28,31H2,1-6H3. The second-order valence-corrected chi connectivity index (χ2v) is 12.6. The zero-order valence-electron chi connectivity index (χ0n) is 26.3. The number of carbonyl (C=O) groups excluding carboxylic acids is 1. The van der Waals surface area contributed by atoms with Gasteiger partial charge in [0.25, 0.3) is 0 Å². The zero-order valence-corrected chi connectivity index (χ0v) is 26.3. The van der Waals surface area contributed by atoms with Crippen molar-refractivity contribution in [2.45, 2.75) is 164 Å². The van der Waals surface area contributed by atoms with Crippen molar-refractivity contribution >= 4 is 5.78 Å². The van der Waals surface area contributed by atoms with Crippen molar-refractivity contribution in [3.63, 3.8) is 0 Å². The third-order valence-electron chi connectivity index (χ3n) is 8.22. The number of hydrogen-bond acceptors (Lipinski definition) is 1. The van der Waals surface area contributed by atoms with Crippen molar-refractivity contribution in [1.29, 1.82) is 0 Å². The monoisotopic (exact) mass is 522 g/mol. The molecular formula is C37H62O. The van der Waals surface area contributed by atoms with Crippen molar-refractivity contribution in [3.05, 3.63) is 58.7 Å². The van der Waals surface area contributed by atoms with Gasteiger partial charge in [0.15, 0.2) is 0 Å². The summed E-state index contributed by atoms with van der Waals surface area (Å²) in [6.07, 6.45) is 37.0. The second-order valence-electron chi connectivity index (χ2n) is 12.6. The number of rotatable bonds is 21. The Bertz CT molecular complexity index is 799. The first-order valence-electron chi connectivity index (χ1n) is 16.2. The molecule has 0 aromatic carbocycles. The van der Waals surface area contributed by atoms with Gasteiger partial charge in [-0.2, -0.15) is 0 Å². The van der Waals surface area contributed by atoms with E-state index in [9.17, 15) is 4.79 Å². The van der Waals surface area contributed by atoms with E-state index in [2.05, 4.69) is 78.0 Å². The number of carbonyl (C=O) groups is 1. The lowest BCUT2D eigenvalue weighted by Gasteiger charge is -2.32. The molecule has 216 valence electrons. The molecule has 0 fully saturated rings. The summed E-state index contributed by atoms with van der Waals surface area (Å²) in [4.78, 5) is 12.2. The highest BCUT2D eigenvalue weighted by molar-refractivity contribution is 5.78. The molecule has 38 heavy (non-hydrogen) atoms. The maximum absolute atomic E-state index is 12.2. The van der Waals surface area contributed by atoms with Gasteiger partial charge in [-0.15, -0.1) is 0 Å². The molecule has 0 saturated heterocycles. The van der Waals surface area contributed by atoms with Gasteiger partial charge in [0, 0.05) is 12.8 Å². The lowest BCUT2D eigenvalue weighted by Crippen LogP contribution is -2.19. The number of unbranched alkanes of at least 4 members (excludes halogenated alkanes) is 12. The quantitative estimate of drug-likeness (QED) is 0.108.